The van der Waals surface area contributed by atoms with Gasteiger partial charge >= 0.3 is 0 Å². The Balaban J connectivity index is 1.71. The van der Waals surface area contributed by atoms with Crippen LogP contribution in [0.2, 0.25) is 0 Å². The Morgan fingerprint density at radius 2 is 2.32 bits per heavy atom. The molecule has 0 aromatic carbocycles. The number of nitrogens with zero attached hydrogens (tertiary/aromatic N) is 2. The van der Waals surface area contributed by atoms with Gasteiger partial charge in [0.2, 0.25) is 0 Å². The normalized spacial score (nSPS) is 14.2. The standard InChI is InChI=1S/C14H19N5/c1-10-18-13-4-6-16-9-12(13)14(19-10)17-7-3-11-2-5-15-8-11/h2,5,8,15-16H,3-4,6-7,9H2,1H3,(H,17,18,19). The SMILES string of the molecule is Cc1nc2c(c(NCCc3cc[nH]c3)n1)CNCC2. The number of aryl methyl sites for hydroxylation is 1. The van der Waals surface area contributed by atoms with Gasteiger partial charge in [0.25, 0.3) is 0 Å². The number of nitrogens with one attached hydrogen (secondary N) is 3. The quantitative estimate of drug-likeness (QED) is 0.775. The highest BCUT2D eigenvalue weighted by molar-refractivity contribution is 5.47. The van der Waals surface area contributed by atoms with Crippen molar-refractivity contribution in [2.45, 2.75) is 26.3 Å². The summed E-state index contributed by atoms with van der Waals surface area (Å²) in [6.45, 7) is 4.72. The average Bonchev–Trinajstić information content (AvgIpc) is 2.91. The molecule has 0 fully saturated rings. The molecule has 0 bridgehead atoms. The molecule has 3 N–H and O–H groups in total. The van der Waals surface area contributed by atoms with Gasteiger partial charge in [0.15, 0.2) is 0 Å². The van der Waals surface area contributed by atoms with E-state index in [0.29, 0.717) is 0 Å². The van der Waals surface area contributed by atoms with Gasteiger partial charge in [0.1, 0.15) is 11.6 Å². The van der Waals surface area contributed by atoms with Gasteiger partial charge in [-0.15, -0.1) is 0 Å². The second-order valence-electron chi connectivity index (χ2n) is 4.87. The molecule has 0 saturated carbocycles. The monoisotopic (exact) mass is 257 g/mol. The third-order valence-corrected chi connectivity index (χ3v) is 3.41. The highest BCUT2D eigenvalue weighted by atomic mass is 15.0. The topological polar surface area (TPSA) is 65.6 Å². The summed E-state index contributed by atoms with van der Waals surface area (Å²) in [5.41, 5.74) is 3.73. The van der Waals surface area contributed by atoms with Gasteiger partial charge in [-0.25, -0.2) is 9.97 Å². The molecule has 0 saturated heterocycles. The van der Waals surface area contributed by atoms with Gasteiger partial charge in [-0.05, 0) is 25.0 Å². The van der Waals surface area contributed by atoms with Crippen LogP contribution >= 0.6 is 0 Å². The molecule has 0 atom stereocenters. The lowest BCUT2D eigenvalue weighted by atomic mass is 10.1. The number of fused-ring (bicyclic) bond motifs is 1. The number of anilines is 1. The largest absolute Gasteiger partial charge is 0.369 e. The minimum Gasteiger partial charge on any atom is -0.369 e. The summed E-state index contributed by atoms with van der Waals surface area (Å²) in [6.07, 6.45) is 5.97. The lowest BCUT2D eigenvalue weighted by molar-refractivity contribution is 0.624. The van der Waals surface area contributed by atoms with Crippen LogP contribution in [0.25, 0.3) is 0 Å². The molecule has 5 nitrogen and oxygen atoms in total. The lowest BCUT2D eigenvalue weighted by Crippen LogP contribution is -2.27. The smallest absolute Gasteiger partial charge is 0.134 e. The minimum atomic E-state index is 0.852. The molecule has 2 aromatic rings. The van der Waals surface area contributed by atoms with Crippen molar-refractivity contribution in [1.82, 2.24) is 20.3 Å². The summed E-state index contributed by atoms with van der Waals surface area (Å²) >= 11 is 0. The van der Waals surface area contributed by atoms with E-state index in [2.05, 4.69) is 31.7 Å². The van der Waals surface area contributed by atoms with E-state index in [-0.39, 0.29) is 0 Å². The molecule has 3 heterocycles. The van der Waals surface area contributed by atoms with E-state index in [4.69, 9.17) is 0 Å². The number of H-pyrrole nitrogens is 1. The molecule has 0 spiro atoms. The predicted octanol–water partition coefficient (Wildman–Crippen LogP) is 1.41. The molecule has 0 radical (unpaired) electrons. The first-order valence-corrected chi connectivity index (χ1v) is 6.75. The van der Waals surface area contributed by atoms with Crippen LogP contribution < -0.4 is 10.6 Å². The Morgan fingerprint density at radius 3 is 3.16 bits per heavy atom. The zero-order chi connectivity index (χ0) is 13.1. The van der Waals surface area contributed by atoms with Crippen LogP contribution in [0.4, 0.5) is 5.82 Å². The van der Waals surface area contributed by atoms with Gasteiger partial charge in [-0.1, -0.05) is 0 Å². The van der Waals surface area contributed by atoms with Crippen molar-refractivity contribution in [1.29, 1.82) is 0 Å². The molecule has 1 aliphatic rings. The predicted molar refractivity (Wildman–Crippen MR) is 75.2 cm³/mol. The summed E-state index contributed by atoms with van der Waals surface area (Å²) in [5.74, 6) is 1.84. The Morgan fingerprint density at radius 1 is 1.37 bits per heavy atom. The van der Waals surface area contributed by atoms with Crippen LogP contribution in [0.15, 0.2) is 18.5 Å². The maximum absolute atomic E-state index is 4.54. The first kappa shape index (κ1) is 12.2. The Bertz CT molecular complexity index is 547. The van der Waals surface area contributed by atoms with Crippen LogP contribution in [0.5, 0.6) is 0 Å². The second-order valence-corrected chi connectivity index (χ2v) is 4.87. The Labute approximate surface area is 112 Å². The van der Waals surface area contributed by atoms with E-state index in [1.165, 1.54) is 16.8 Å². The van der Waals surface area contributed by atoms with Crippen LogP contribution in [0, 0.1) is 6.92 Å². The Hall–Kier alpha value is -1.88. The maximum atomic E-state index is 4.54. The third-order valence-electron chi connectivity index (χ3n) is 3.41. The van der Waals surface area contributed by atoms with Crippen molar-refractivity contribution in [2.24, 2.45) is 0 Å². The summed E-state index contributed by atoms with van der Waals surface area (Å²) in [6, 6.07) is 2.10. The van der Waals surface area contributed by atoms with Gasteiger partial charge < -0.3 is 15.6 Å². The summed E-state index contributed by atoms with van der Waals surface area (Å²) in [4.78, 5) is 12.1. The molecular weight excluding hydrogens is 238 g/mol. The molecule has 0 amide bonds. The third kappa shape index (κ3) is 2.76. The van der Waals surface area contributed by atoms with Crippen molar-refractivity contribution < 1.29 is 0 Å². The summed E-state index contributed by atoms with van der Waals surface area (Å²) in [5, 5.41) is 6.83. The van der Waals surface area contributed by atoms with Crippen LogP contribution in [-0.4, -0.2) is 28.0 Å². The fourth-order valence-corrected chi connectivity index (χ4v) is 2.45. The van der Waals surface area contributed by atoms with Gasteiger partial charge in [-0.3, -0.25) is 0 Å². The molecule has 0 aliphatic carbocycles. The van der Waals surface area contributed by atoms with Crippen LogP contribution in [-0.2, 0) is 19.4 Å². The Kier molecular flexibility index (Phi) is 3.46. The number of hydrogen-bond donors (Lipinski definition) is 3. The van der Waals surface area contributed by atoms with Crippen LogP contribution in [0.3, 0.4) is 0 Å². The highest BCUT2D eigenvalue weighted by Gasteiger charge is 2.15. The van der Waals surface area contributed by atoms with E-state index in [1.807, 2.05) is 19.3 Å². The molecule has 5 heteroatoms. The van der Waals surface area contributed by atoms with E-state index in [1.54, 1.807) is 0 Å². The van der Waals surface area contributed by atoms with Gasteiger partial charge in [0.05, 0.1) is 5.69 Å². The lowest BCUT2D eigenvalue weighted by Gasteiger charge is -2.20. The van der Waals surface area contributed by atoms with E-state index in [9.17, 15) is 0 Å². The molecule has 100 valence electrons. The first-order chi connectivity index (χ1) is 9.33. The highest BCUT2D eigenvalue weighted by Crippen LogP contribution is 2.19. The molecular formula is C14H19N5. The van der Waals surface area contributed by atoms with E-state index >= 15 is 0 Å². The summed E-state index contributed by atoms with van der Waals surface area (Å²) < 4.78 is 0. The van der Waals surface area contributed by atoms with Crippen LogP contribution in [0.1, 0.15) is 22.6 Å². The number of rotatable bonds is 4. The molecule has 1 aliphatic heterocycles. The number of aromatic nitrogens is 3. The maximum Gasteiger partial charge on any atom is 0.134 e. The second kappa shape index (κ2) is 5.40. The summed E-state index contributed by atoms with van der Waals surface area (Å²) in [7, 11) is 0. The minimum absolute atomic E-state index is 0.852. The first-order valence-electron chi connectivity index (χ1n) is 6.75. The van der Waals surface area contributed by atoms with Crippen molar-refractivity contribution in [3.63, 3.8) is 0 Å². The number of aromatic amines is 1. The number of hydrogen-bond acceptors (Lipinski definition) is 4. The van der Waals surface area contributed by atoms with Gasteiger partial charge in [0, 0.05) is 44.0 Å². The fraction of sp³-hybridized carbons (Fsp3) is 0.429. The molecule has 3 rings (SSSR count). The molecule has 19 heavy (non-hydrogen) atoms. The zero-order valence-electron chi connectivity index (χ0n) is 11.2. The van der Waals surface area contributed by atoms with E-state index in [0.717, 1.165) is 44.1 Å². The molecule has 0 unspecified atom stereocenters. The van der Waals surface area contributed by atoms with Gasteiger partial charge in [-0.2, -0.15) is 0 Å². The molecule has 2 aromatic heterocycles. The van der Waals surface area contributed by atoms with Crippen molar-refractivity contribution in [2.75, 3.05) is 18.4 Å². The van der Waals surface area contributed by atoms with E-state index < -0.39 is 0 Å². The zero-order valence-corrected chi connectivity index (χ0v) is 11.2. The van der Waals surface area contributed by atoms with Crippen molar-refractivity contribution in [3.8, 4) is 0 Å². The fourth-order valence-electron chi connectivity index (χ4n) is 2.45. The average molecular weight is 257 g/mol. The van der Waals surface area contributed by atoms with Crippen molar-refractivity contribution in [3.05, 3.63) is 41.1 Å². The van der Waals surface area contributed by atoms with Crippen molar-refractivity contribution >= 4 is 5.82 Å².